The van der Waals surface area contributed by atoms with Gasteiger partial charge in [-0.3, -0.25) is 14.5 Å². The number of imide groups is 1. The molecule has 0 N–H and O–H groups in total. The van der Waals surface area contributed by atoms with E-state index in [1.807, 2.05) is 78.9 Å². The van der Waals surface area contributed by atoms with E-state index in [2.05, 4.69) is 32.9 Å². The van der Waals surface area contributed by atoms with Crippen molar-refractivity contribution < 1.29 is 19.1 Å². The number of carbonyl (C=O) groups is 2. The minimum atomic E-state index is -0.297. The molecule has 0 aliphatic carbocycles. The lowest BCUT2D eigenvalue weighted by Gasteiger charge is -2.19. The quantitative estimate of drug-likeness (QED) is 0.169. The van der Waals surface area contributed by atoms with Gasteiger partial charge in [-0.25, -0.2) is 0 Å². The molecule has 1 saturated heterocycles. The van der Waals surface area contributed by atoms with Gasteiger partial charge in [-0.1, -0.05) is 93.6 Å². The van der Waals surface area contributed by atoms with E-state index in [0.717, 1.165) is 39.4 Å². The van der Waals surface area contributed by atoms with Gasteiger partial charge in [-0.05, 0) is 63.4 Å². The molecule has 1 aliphatic heterocycles. The predicted molar refractivity (Wildman–Crippen MR) is 158 cm³/mol. The number of amides is 2. The molecule has 5 nitrogen and oxygen atoms in total. The monoisotopic (exact) mass is 537 g/mol. The van der Waals surface area contributed by atoms with Crippen LogP contribution in [0.3, 0.4) is 0 Å². The maximum absolute atomic E-state index is 13.2. The molecule has 0 atom stereocenters. The van der Waals surface area contributed by atoms with Crippen molar-refractivity contribution >= 4 is 39.8 Å². The molecule has 2 amide bonds. The normalized spacial score (nSPS) is 14.8. The highest BCUT2D eigenvalue weighted by molar-refractivity contribution is 8.18. The standard InChI is InChI=1S/C33H31NO4S/c1-33(2,3)26-15-17-27(18-16-26)37-19-20-38-29-14-7-5-10-24(29)21-30-31(35)34(32(36)39-30)22-25-12-8-11-23-9-4-6-13-28(23)25/h4-18,21H,19-20,22H2,1-3H3/b30-21-. The average Bonchev–Trinajstić information content (AvgIpc) is 3.19. The molecule has 4 aromatic rings. The zero-order valence-electron chi connectivity index (χ0n) is 22.3. The van der Waals surface area contributed by atoms with E-state index in [-0.39, 0.29) is 23.1 Å². The van der Waals surface area contributed by atoms with Crippen LogP contribution in [0, 0.1) is 0 Å². The number of para-hydroxylation sites is 1. The van der Waals surface area contributed by atoms with Crippen molar-refractivity contribution in [3.8, 4) is 11.5 Å². The van der Waals surface area contributed by atoms with Crippen molar-refractivity contribution in [3.05, 3.63) is 113 Å². The summed E-state index contributed by atoms with van der Waals surface area (Å²) in [6.07, 6.45) is 1.73. The summed E-state index contributed by atoms with van der Waals surface area (Å²) in [5, 5.41) is 1.84. The first-order valence-electron chi connectivity index (χ1n) is 13.0. The summed E-state index contributed by atoms with van der Waals surface area (Å²) in [5.41, 5.74) is 3.02. The maximum Gasteiger partial charge on any atom is 0.293 e. The Morgan fingerprint density at radius 3 is 2.28 bits per heavy atom. The third kappa shape index (κ3) is 6.18. The maximum atomic E-state index is 13.2. The zero-order valence-corrected chi connectivity index (χ0v) is 23.2. The summed E-state index contributed by atoms with van der Waals surface area (Å²) in [4.78, 5) is 27.7. The Hall–Kier alpha value is -4.03. The molecule has 1 aliphatic rings. The molecule has 1 fully saturated rings. The number of carbonyl (C=O) groups excluding carboxylic acids is 2. The first kappa shape index (κ1) is 26.6. The molecule has 1 heterocycles. The summed E-state index contributed by atoms with van der Waals surface area (Å²) in [6.45, 7) is 7.49. The Morgan fingerprint density at radius 1 is 0.795 bits per heavy atom. The van der Waals surface area contributed by atoms with E-state index in [1.165, 1.54) is 10.5 Å². The molecule has 0 bridgehead atoms. The minimum absolute atomic E-state index is 0.0937. The molecule has 0 aromatic heterocycles. The fourth-order valence-corrected chi connectivity index (χ4v) is 5.30. The highest BCUT2D eigenvalue weighted by Gasteiger charge is 2.35. The van der Waals surface area contributed by atoms with Gasteiger partial charge >= 0.3 is 0 Å². The molecule has 0 saturated carbocycles. The number of hydrogen-bond acceptors (Lipinski definition) is 5. The highest BCUT2D eigenvalue weighted by Crippen LogP contribution is 2.35. The van der Waals surface area contributed by atoms with Crippen LogP contribution in [0.4, 0.5) is 4.79 Å². The van der Waals surface area contributed by atoms with E-state index < -0.39 is 0 Å². The van der Waals surface area contributed by atoms with Crippen molar-refractivity contribution in [2.24, 2.45) is 0 Å². The summed E-state index contributed by atoms with van der Waals surface area (Å²) in [5.74, 6) is 1.12. The van der Waals surface area contributed by atoms with Gasteiger partial charge in [0, 0.05) is 5.56 Å². The molecular formula is C33H31NO4S. The van der Waals surface area contributed by atoms with Crippen LogP contribution in [0.2, 0.25) is 0 Å². The second-order valence-corrected chi connectivity index (χ2v) is 11.4. The van der Waals surface area contributed by atoms with E-state index in [1.54, 1.807) is 6.08 Å². The number of ether oxygens (including phenoxy) is 2. The van der Waals surface area contributed by atoms with Gasteiger partial charge in [-0.15, -0.1) is 0 Å². The van der Waals surface area contributed by atoms with Crippen LogP contribution in [-0.2, 0) is 16.8 Å². The molecular weight excluding hydrogens is 506 g/mol. The van der Waals surface area contributed by atoms with Gasteiger partial charge in [0.15, 0.2) is 0 Å². The van der Waals surface area contributed by atoms with E-state index in [9.17, 15) is 9.59 Å². The van der Waals surface area contributed by atoms with E-state index in [4.69, 9.17) is 9.47 Å². The molecule has 4 aromatic carbocycles. The van der Waals surface area contributed by atoms with Crippen LogP contribution >= 0.6 is 11.8 Å². The Bertz CT molecular complexity index is 1530. The molecule has 0 spiro atoms. The first-order chi connectivity index (χ1) is 18.8. The SMILES string of the molecule is CC(C)(C)c1ccc(OCCOc2ccccc2/C=C2\SC(=O)N(Cc3cccc4ccccc34)C2=O)cc1. The topological polar surface area (TPSA) is 55.8 Å². The van der Waals surface area contributed by atoms with E-state index in [0.29, 0.717) is 23.9 Å². The average molecular weight is 538 g/mol. The van der Waals surface area contributed by atoms with Crippen molar-refractivity contribution in [1.82, 2.24) is 4.90 Å². The molecule has 5 rings (SSSR count). The number of hydrogen-bond donors (Lipinski definition) is 0. The van der Waals surface area contributed by atoms with Crippen molar-refractivity contribution in [1.29, 1.82) is 0 Å². The van der Waals surface area contributed by atoms with Crippen molar-refractivity contribution in [2.45, 2.75) is 32.7 Å². The second-order valence-electron chi connectivity index (χ2n) is 10.4. The number of fused-ring (bicyclic) bond motifs is 1. The fraction of sp³-hybridized carbons (Fsp3) is 0.212. The van der Waals surface area contributed by atoms with Gasteiger partial charge in [0.25, 0.3) is 11.1 Å². The molecule has 39 heavy (non-hydrogen) atoms. The number of nitrogens with zero attached hydrogens (tertiary/aromatic N) is 1. The van der Waals surface area contributed by atoms with Crippen molar-refractivity contribution in [3.63, 3.8) is 0 Å². The predicted octanol–water partition coefficient (Wildman–Crippen LogP) is 7.83. The summed E-state index contributed by atoms with van der Waals surface area (Å²) >= 11 is 0.957. The summed E-state index contributed by atoms with van der Waals surface area (Å²) in [7, 11) is 0. The molecule has 0 unspecified atom stereocenters. The lowest BCUT2D eigenvalue weighted by atomic mass is 9.87. The minimum Gasteiger partial charge on any atom is -0.490 e. The molecule has 198 valence electrons. The number of rotatable bonds is 8. The van der Waals surface area contributed by atoms with Crippen LogP contribution in [-0.4, -0.2) is 29.3 Å². The zero-order chi connectivity index (χ0) is 27.4. The van der Waals surface area contributed by atoms with Crippen LogP contribution in [0.25, 0.3) is 16.8 Å². The van der Waals surface area contributed by atoms with Gasteiger partial charge in [0.05, 0.1) is 11.4 Å². The van der Waals surface area contributed by atoms with E-state index >= 15 is 0 Å². The smallest absolute Gasteiger partial charge is 0.293 e. The third-order valence-electron chi connectivity index (χ3n) is 6.62. The lowest BCUT2D eigenvalue weighted by molar-refractivity contribution is -0.123. The Kier molecular flexibility index (Phi) is 7.75. The van der Waals surface area contributed by atoms with Crippen molar-refractivity contribution in [2.75, 3.05) is 13.2 Å². The summed E-state index contributed by atoms with van der Waals surface area (Å²) in [6, 6.07) is 29.5. The Labute approximate surface area is 233 Å². The van der Waals surface area contributed by atoms with Crippen LogP contribution in [0.1, 0.15) is 37.5 Å². The molecule has 0 radical (unpaired) electrons. The Morgan fingerprint density at radius 2 is 1.49 bits per heavy atom. The van der Waals surface area contributed by atoms with Gasteiger partial charge in [0.2, 0.25) is 0 Å². The second kappa shape index (κ2) is 11.4. The van der Waals surface area contributed by atoms with Gasteiger partial charge < -0.3 is 9.47 Å². The van der Waals surface area contributed by atoms with Crippen LogP contribution < -0.4 is 9.47 Å². The largest absolute Gasteiger partial charge is 0.490 e. The van der Waals surface area contributed by atoms with Gasteiger partial charge in [0.1, 0.15) is 24.7 Å². The number of thioether (sulfide) groups is 1. The van der Waals surface area contributed by atoms with Gasteiger partial charge in [-0.2, -0.15) is 0 Å². The fourth-order valence-electron chi connectivity index (χ4n) is 4.47. The Balaban J connectivity index is 1.23. The number of benzene rings is 4. The van der Waals surface area contributed by atoms with Crippen LogP contribution in [0.15, 0.2) is 95.9 Å². The first-order valence-corrected chi connectivity index (χ1v) is 13.8. The van der Waals surface area contributed by atoms with Crippen LogP contribution in [0.5, 0.6) is 11.5 Å². The third-order valence-corrected chi connectivity index (χ3v) is 7.52. The highest BCUT2D eigenvalue weighted by atomic mass is 32.2. The molecule has 6 heteroatoms. The lowest BCUT2D eigenvalue weighted by Crippen LogP contribution is -2.27. The summed E-state index contributed by atoms with van der Waals surface area (Å²) < 4.78 is 11.8.